The van der Waals surface area contributed by atoms with E-state index in [1.54, 1.807) is 37.3 Å². The van der Waals surface area contributed by atoms with Crippen molar-refractivity contribution in [1.29, 1.82) is 0 Å². The van der Waals surface area contributed by atoms with Gasteiger partial charge in [-0.15, -0.1) is 0 Å². The maximum atomic E-state index is 13.5. The standard InChI is InChI=1S/C27H22ClN5O4/c1-15-23(25(36)30-17-12-10-16(11-13-17)14-22(34)35)24(18-6-2-3-7-19(18)28)32-26(29-15)33-27-31-20-8-4-5-9-21(20)37-27/h2-13,24H,14H2,1H3,(H,30,36)(H,34,35)(H2,29,31,32,33). The van der Waals surface area contributed by atoms with Crippen LogP contribution in [0.15, 0.2) is 93.5 Å². The minimum atomic E-state index is -0.923. The van der Waals surface area contributed by atoms with Crippen LogP contribution in [0.2, 0.25) is 5.02 Å². The average Bonchev–Trinajstić information content (AvgIpc) is 3.27. The number of nitrogens with zero attached hydrogens (tertiary/aromatic N) is 2. The van der Waals surface area contributed by atoms with Gasteiger partial charge in [0.15, 0.2) is 5.58 Å². The number of hydrogen-bond acceptors (Lipinski definition) is 7. The first-order chi connectivity index (χ1) is 17.9. The van der Waals surface area contributed by atoms with Crippen molar-refractivity contribution in [2.24, 2.45) is 4.99 Å². The van der Waals surface area contributed by atoms with Crippen LogP contribution in [0.3, 0.4) is 0 Å². The van der Waals surface area contributed by atoms with Gasteiger partial charge < -0.3 is 20.2 Å². The molecule has 0 saturated heterocycles. The fourth-order valence-electron chi connectivity index (χ4n) is 4.06. The zero-order valence-corrected chi connectivity index (χ0v) is 20.4. The van der Waals surface area contributed by atoms with Crippen LogP contribution < -0.4 is 16.0 Å². The van der Waals surface area contributed by atoms with Gasteiger partial charge in [-0.05, 0) is 42.8 Å². The Bertz CT molecular complexity index is 1530. The van der Waals surface area contributed by atoms with Gasteiger partial charge in [0.1, 0.15) is 11.6 Å². The highest BCUT2D eigenvalue weighted by Gasteiger charge is 2.31. The number of fused-ring (bicyclic) bond motifs is 1. The van der Waals surface area contributed by atoms with Crippen molar-refractivity contribution < 1.29 is 19.1 Å². The van der Waals surface area contributed by atoms with Crippen LogP contribution in [0.4, 0.5) is 11.7 Å². The number of allylic oxidation sites excluding steroid dienone is 1. The predicted octanol–water partition coefficient (Wildman–Crippen LogP) is 5.13. The number of carboxylic acids is 1. The summed E-state index contributed by atoms with van der Waals surface area (Å²) in [5, 5.41) is 18.5. The normalized spacial score (nSPS) is 15.2. The van der Waals surface area contributed by atoms with Crippen LogP contribution in [0, 0.1) is 0 Å². The van der Waals surface area contributed by atoms with Crippen LogP contribution in [0.5, 0.6) is 0 Å². The van der Waals surface area contributed by atoms with Crippen molar-refractivity contribution in [2.45, 2.75) is 19.4 Å². The van der Waals surface area contributed by atoms with Crippen molar-refractivity contribution in [3.05, 3.63) is 100 Å². The summed E-state index contributed by atoms with van der Waals surface area (Å²) < 4.78 is 5.76. The Labute approximate surface area is 216 Å². The summed E-state index contributed by atoms with van der Waals surface area (Å²) in [7, 11) is 0. The topological polar surface area (TPSA) is 129 Å². The molecule has 5 rings (SSSR count). The number of nitrogens with one attached hydrogen (secondary N) is 3. The number of carbonyl (C=O) groups is 2. The molecule has 1 unspecified atom stereocenters. The number of hydrogen-bond donors (Lipinski definition) is 4. The van der Waals surface area contributed by atoms with Crippen molar-refractivity contribution in [3.63, 3.8) is 0 Å². The molecule has 0 radical (unpaired) electrons. The molecule has 0 saturated carbocycles. The summed E-state index contributed by atoms with van der Waals surface area (Å²) in [6.45, 7) is 1.77. The Balaban J connectivity index is 1.44. The smallest absolute Gasteiger partial charge is 0.307 e. The quantitative estimate of drug-likeness (QED) is 0.280. The Morgan fingerprint density at radius 2 is 1.78 bits per heavy atom. The van der Waals surface area contributed by atoms with E-state index >= 15 is 0 Å². The molecule has 0 spiro atoms. The van der Waals surface area contributed by atoms with Crippen LogP contribution in [0.25, 0.3) is 11.1 Å². The number of aliphatic imine (C=N–C) groups is 1. The van der Waals surface area contributed by atoms with Crippen LogP contribution in [0.1, 0.15) is 24.1 Å². The number of aliphatic carboxylic acids is 1. The molecule has 2 heterocycles. The van der Waals surface area contributed by atoms with Gasteiger partial charge in [-0.25, -0.2) is 4.99 Å². The second-order valence-electron chi connectivity index (χ2n) is 8.40. The first kappa shape index (κ1) is 24.1. The summed E-state index contributed by atoms with van der Waals surface area (Å²) in [6.07, 6.45) is -0.0957. The number of carbonyl (C=O) groups excluding carboxylic acids is 1. The van der Waals surface area contributed by atoms with E-state index in [2.05, 4.69) is 20.9 Å². The van der Waals surface area contributed by atoms with E-state index in [0.717, 1.165) is 0 Å². The van der Waals surface area contributed by atoms with Gasteiger partial charge in [-0.1, -0.05) is 54.1 Å². The molecule has 1 aliphatic rings. The number of para-hydroxylation sites is 2. The average molecular weight is 516 g/mol. The number of anilines is 2. The second-order valence-corrected chi connectivity index (χ2v) is 8.81. The van der Waals surface area contributed by atoms with Gasteiger partial charge in [0.25, 0.3) is 5.91 Å². The molecule has 186 valence electrons. The molecule has 1 aliphatic heterocycles. The van der Waals surface area contributed by atoms with E-state index in [1.807, 2.05) is 42.5 Å². The monoisotopic (exact) mass is 515 g/mol. The lowest BCUT2D eigenvalue weighted by atomic mass is 9.95. The zero-order valence-electron chi connectivity index (χ0n) is 19.7. The second kappa shape index (κ2) is 10.2. The van der Waals surface area contributed by atoms with E-state index in [4.69, 9.17) is 26.1 Å². The van der Waals surface area contributed by atoms with E-state index in [9.17, 15) is 9.59 Å². The lowest BCUT2D eigenvalue weighted by molar-refractivity contribution is -0.136. The molecular weight excluding hydrogens is 494 g/mol. The molecule has 1 amide bonds. The molecule has 0 aliphatic carbocycles. The highest BCUT2D eigenvalue weighted by atomic mass is 35.5. The van der Waals surface area contributed by atoms with Crippen molar-refractivity contribution >= 4 is 52.2 Å². The molecular formula is C27H22ClN5O4. The van der Waals surface area contributed by atoms with Gasteiger partial charge in [0.05, 0.1) is 12.0 Å². The fourth-order valence-corrected chi connectivity index (χ4v) is 4.30. The SMILES string of the molecule is CC1=C(C(=O)Nc2ccc(CC(=O)O)cc2)C(c2ccccc2Cl)N=C(Nc2nc3ccccc3o2)N1. The predicted molar refractivity (Wildman–Crippen MR) is 142 cm³/mol. The van der Waals surface area contributed by atoms with Crippen LogP contribution in [-0.4, -0.2) is 27.9 Å². The van der Waals surface area contributed by atoms with E-state index < -0.39 is 12.0 Å². The molecule has 1 atom stereocenters. The summed E-state index contributed by atoms with van der Waals surface area (Å²) in [5.74, 6) is -0.942. The number of benzene rings is 3. The molecule has 9 nitrogen and oxygen atoms in total. The third-order valence-corrected chi connectivity index (χ3v) is 6.12. The van der Waals surface area contributed by atoms with Gasteiger partial charge >= 0.3 is 12.0 Å². The third kappa shape index (κ3) is 5.31. The molecule has 0 fully saturated rings. The molecule has 1 aromatic heterocycles. The van der Waals surface area contributed by atoms with Gasteiger partial charge in [-0.2, -0.15) is 4.98 Å². The highest BCUT2D eigenvalue weighted by Crippen LogP contribution is 2.35. The van der Waals surface area contributed by atoms with Gasteiger partial charge in [0.2, 0.25) is 5.96 Å². The molecule has 4 aromatic rings. The first-order valence-corrected chi connectivity index (χ1v) is 11.8. The van der Waals surface area contributed by atoms with Gasteiger partial charge in [-0.3, -0.25) is 14.9 Å². The number of carboxylic acid groups (broad SMARTS) is 1. The maximum absolute atomic E-state index is 13.5. The number of halogens is 1. The minimum Gasteiger partial charge on any atom is -0.481 e. The van der Waals surface area contributed by atoms with Gasteiger partial charge in [0, 0.05) is 22.0 Å². The maximum Gasteiger partial charge on any atom is 0.307 e. The molecule has 10 heteroatoms. The highest BCUT2D eigenvalue weighted by molar-refractivity contribution is 6.31. The van der Waals surface area contributed by atoms with E-state index in [1.165, 1.54) is 0 Å². The third-order valence-electron chi connectivity index (χ3n) is 5.77. The Hall–Kier alpha value is -4.63. The minimum absolute atomic E-state index is 0.0957. The molecule has 37 heavy (non-hydrogen) atoms. The van der Waals surface area contributed by atoms with E-state index in [0.29, 0.717) is 50.2 Å². The van der Waals surface area contributed by atoms with Crippen molar-refractivity contribution in [2.75, 3.05) is 10.6 Å². The molecule has 3 aromatic carbocycles. The number of amides is 1. The number of guanidine groups is 1. The summed E-state index contributed by atoms with van der Waals surface area (Å²) in [6, 6.07) is 20.8. The molecule has 4 N–H and O–H groups in total. The fraction of sp³-hybridized carbons (Fsp3) is 0.111. The van der Waals surface area contributed by atoms with Crippen LogP contribution >= 0.6 is 11.6 Å². The Morgan fingerprint density at radius 1 is 1.05 bits per heavy atom. The van der Waals surface area contributed by atoms with Crippen molar-refractivity contribution in [1.82, 2.24) is 10.3 Å². The van der Waals surface area contributed by atoms with Crippen LogP contribution in [-0.2, 0) is 16.0 Å². The summed E-state index contributed by atoms with van der Waals surface area (Å²) in [4.78, 5) is 33.6. The zero-order chi connectivity index (χ0) is 25.9. The lowest BCUT2D eigenvalue weighted by Gasteiger charge is -2.27. The molecule has 0 bridgehead atoms. The Morgan fingerprint density at radius 3 is 2.51 bits per heavy atom. The number of oxazole rings is 1. The number of rotatable bonds is 6. The largest absolute Gasteiger partial charge is 0.481 e. The number of aromatic nitrogens is 1. The first-order valence-electron chi connectivity index (χ1n) is 11.4. The van der Waals surface area contributed by atoms with E-state index in [-0.39, 0.29) is 18.3 Å². The summed E-state index contributed by atoms with van der Waals surface area (Å²) in [5.41, 5.74) is 4.09. The van der Waals surface area contributed by atoms with Crippen molar-refractivity contribution in [3.8, 4) is 0 Å². The summed E-state index contributed by atoms with van der Waals surface area (Å²) >= 11 is 6.51. The Kier molecular flexibility index (Phi) is 6.61. The lowest BCUT2D eigenvalue weighted by Crippen LogP contribution is -2.37.